The molecule has 110 valence electrons. The Hall–Kier alpha value is -2.12. The van der Waals surface area contributed by atoms with E-state index in [1.165, 1.54) is 12.1 Å². The van der Waals surface area contributed by atoms with Crippen LogP contribution in [-0.4, -0.2) is 16.3 Å². The summed E-state index contributed by atoms with van der Waals surface area (Å²) in [6.07, 6.45) is 1.80. The first-order valence-corrected chi connectivity index (χ1v) is 7.20. The van der Waals surface area contributed by atoms with Gasteiger partial charge in [-0.2, -0.15) is 5.10 Å². The van der Waals surface area contributed by atoms with E-state index >= 15 is 0 Å². The van der Waals surface area contributed by atoms with Crippen molar-refractivity contribution in [3.63, 3.8) is 0 Å². The minimum atomic E-state index is -0.283. The zero-order valence-corrected chi connectivity index (χ0v) is 12.5. The fourth-order valence-electron chi connectivity index (χ4n) is 2.25. The van der Waals surface area contributed by atoms with Gasteiger partial charge in [0.25, 0.3) is 0 Å². The number of halogens is 1. The van der Waals surface area contributed by atoms with Gasteiger partial charge in [-0.1, -0.05) is 25.7 Å². The maximum Gasteiger partial charge on any atom is 0.124 e. The van der Waals surface area contributed by atoms with Crippen molar-refractivity contribution >= 4 is 0 Å². The predicted octanol–water partition coefficient (Wildman–Crippen LogP) is 2.51. The number of nitrogens with zero attached hydrogens (tertiary/aromatic N) is 2. The second kappa shape index (κ2) is 7.05. The molecule has 3 nitrogen and oxygen atoms in total. The van der Waals surface area contributed by atoms with E-state index in [-0.39, 0.29) is 12.4 Å². The van der Waals surface area contributed by atoms with Crippen LogP contribution in [0.1, 0.15) is 36.4 Å². The highest BCUT2D eigenvalue weighted by Gasteiger charge is 2.07. The molecule has 2 rings (SSSR count). The second-order valence-corrected chi connectivity index (χ2v) is 4.85. The summed E-state index contributed by atoms with van der Waals surface area (Å²) < 4.78 is 15.6. The maximum atomic E-state index is 13.7. The molecule has 0 fully saturated rings. The van der Waals surface area contributed by atoms with Crippen molar-refractivity contribution in [3.8, 4) is 11.8 Å². The van der Waals surface area contributed by atoms with Crippen LogP contribution in [0.15, 0.2) is 24.3 Å². The summed E-state index contributed by atoms with van der Waals surface area (Å²) >= 11 is 0. The van der Waals surface area contributed by atoms with Gasteiger partial charge in [0.05, 0.1) is 18.8 Å². The van der Waals surface area contributed by atoms with Crippen molar-refractivity contribution in [2.45, 2.75) is 33.2 Å². The molecule has 0 aliphatic heterocycles. The molecule has 1 aromatic heterocycles. The molecule has 0 atom stereocenters. The molecule has 0 bridgehead atoms. The standard InChI is InChI=1S/C17H20FN3/c1-3-16-11-17(4-2)21(20-16)12-14-8-13(6-5-7-19)9-15(18)10-14/h8-11H,3-4,7,12,19H2,1-2H3. The lowest BCUT2D eigenvalue weighted by Crippen LogP contribution is -2.06. The van der Waals surface area contributed by atoms with Crippen molar-refractivity contribution in [1.29, 1.82) is 0 Å². The quantitative estimate of drug-likeness (QED) is 0.877. The summed E-state index contributed by atoms with van der Waals surface area (Å²) in [4.78, 5) is 0. The average molecular weight is 285 g/mol. The predicted molar refractivity (Wildman–Crippen MR) is 82.4 cm³/mol. The Balaban J connectivity index is 2.30. The van der Waals surface area contributed by atoms with Gasteiger partial charge in [0.15, 0.2) is 0 Å². The van der Waals surface area contributed by atoms with Gasteiger partial charge in [0.1, 0.15) is 5.82 Å². The minimum absolute atomic E-state index is 0.269. The molecule has 0 saturated carbocycles. The van der Waals surface area contributed by atoms with Gasteiger partial charge in [-0.05, 0) is 42.7 Å². The summed E-state index contributed by atoms with van der Waals surface area (Å²) in [7, 11) is 0. The van der Waals surface area contributed by atoms with Crippen molar-refractivity contribution in [1.82, 2.24) is 9.78 Å². The van der Waals surface area contributed by atoms with Gasteiger partial charge in [0, 0.05) is 11.3 Å². The van der Waals surface area contributed by atoms with Gasteiger partial charge in [0.2, 0.25) is 0 Å². The first-order chi connectivity index (χ1) is 10.2. The van der Waals surface area contributed by atoms with Crippen LogP contribution in [0.5, 0.6) is 0 Å². The van der Waals surface area contributed by atoms with Crippen LogP contribution in [0.2, 0.25) is 0 Å². The third-order valence-corrected chi connectivity index (χ3v) is 3.26. The van der Waals surface area contributed by atoms with Crippen LogP contribution in [0.3, 0.4) is 0 Å². The largest absolute Gasteiger partial charge is 0.320 e. The molecule has 0 saturated heterocycles. The van der Waals surface area contributed by atoms with E-state index < -0.39 is 0 Å². The number of rotatable bonds is 4. The smallest absolute Gasteiger partial charge is 0.124 e. The molecule has 4 heteroatoms. The molecule has 2 N–H and O–H groups in total. The lowest BCUT2D eigenvalue weighted by molar-refractivity contribution is 0.611. The summed E-state index contributed by atoms with van der Waals surface area (Å²) in [6.45, 7) is 4.99. The molecule has 0 aliphatic carbocycles. The number of hydrogen-bond donors (Lipinski definition) is 1. The molecule has 0 amide bonds. The van der Waals surface area contributed by atoms with Crippen molar-refractivity contribution in [3.05, 3.63) is 52.6 Å². The van der Waals surface area contributed by atoms with Crippen molar-refractivity contribution < 1.29 is 4.39 Å². The molecular weight excluding hydrogens is 265 g/mol. The summed E-state index contributed by atoms with van der Waals surface area (Å²) in [5.74, 6) is 5.34. The van der Waals surface area contributed by atoms with Crippen LogP contribution in [-0.2, 0) is 19.4 Å². The highest BCUT2D eigenvalue weighted by molar-refractivity contribution is 5.38. The molecule has 2 aromatic rings. The van der Waals surface area contributed by atoms with E-state index in [9.17, 15) is 4.39 Å². The molecule has 1 aromatic carbocycles. The molecule has 0 unspecified atom stereocenters. The Kier molecular flexibility index (Phi) is 5.13. The SMILES string of the molecule is CCc1cc(CC)n(Cc2cc(F)cc(C#CCN)c2)n1. The molecular formula is C17H20FN3. The second-order valence-electron chi connectivity index (χ2n) is 4.85. The number of aromatic nitrogens is 2. The first-order valence-electron chi connectivity index (χ1n) is 7.20. The van der Waals surface area contributed by atoms with Gasteiger partial charge in [-0.15, -0.1) is 0 Å². The summed E-state index contributed by atoms with van der Waals surface area (Å²) in [5, 5.41) is 4.55. The Morgan fingerprint density at radius 2 is 2.00 bits per heavy atom. The van der Waals surface area contributed by atoms with Gasteiger partial charge in [-0.3, -0.25) is 4.68 Å². The molecule has 0 aliphatic rings. The van der Waals surface area contributed by atoms with Gasteiger partial charge < -0.3 is 5.73 Å². The van der Waals surface area contributed by atoms with Crippen molar-refractivity contribution in [2.24, 2.45) is 5.73 Å². The molecule has 1 heterocycles. The molecule has 21 heavy (non-hydrogen) atoms. The van der Waals surface area contributed by atoms with Gasteiger partial charge >= 0.3 is 0 Å². The molecule has 0 radical (unpaired) electrons. The zero-order chi connectivity index (χ0) is 15.2. The third-order valence-electron chi connectivity index (χ3n) is 3.26. The number of nitrogens with two attached hydrogens (primary N) is 1. The monoisotopic (exact) mass is 285 g/mol. The van der Waals surface area contributed by atoms with Gasteiger partial charge in [-0.25, -0.2) is 4.39 Å². The number of aryl methyl sites for hydroxylation is 2. The summed E-state index contributed by atoms with van der Waals surface area (Å²) in [5.41, 5.74) is 9.08. The van der Waals surface area contributed by atoms with Crippen LogP contribution < -0.4 is 5.73 Å². The lowest BCUT2D eigenvalue weighted by atomic mass is 10.1. The third kappa shape index (κ3) is 3.93. The van der Waals surface area contributed by atoms with Crippen LogP contribution in [0.4, 0.5) is 4.39 Å². The van der Waals surface area contributed by atoms with Crippen LogP contribution in [0.25, 0.3) is 0 Å². The Morgan fingerprint density at radius 3 is 2.67 bits per heavy atom. The fourth-order valence-corrected chi connectivity index (χ4v) is 2.25. The average Bonchev–Trinajstić information content (AvgIpc) is 2.86. The first kappa shape index (κ1) is 15.3. The van der Waals surface area contributed by atoms with E-state index in [0.29, 0.717) is 12.1 Å². The Labute approximate surface area is 125 Å². The van der Waals surface area contributed by atoms with Crippen molar-refractivity contribution in [2.75, 3.05) is 6.54 Å². The zero-order valence-electron chi connectivity index (χ0n) is 12.5. The van der Waals surface area contributed by atoms with E-state index in [1.54, 1.807) is 0 Å². The highest BCUT2D eigenvalue weighted by Crippen LogP contribution is 2.13. The number of benzene rings is 1. The highest BCUT2D eigenvalue weighted by atomic mass is 19.1. The van der Waals surface area contributed by atoms with E-state index in [0.717, 1.165) is 29.8 Å². The summed E-state index contributed by atoms with van der Waals surface area (Å²) in [6, 6.07) is 6.95. The maximum absolute atomic E-state index is 13.7. The van der Waals surface area contributed by atoms with E-state index in [2.05, 4.69) is 36.9 Å². The van der Waals surface area contributed by atoms with E-state index in [4.69, 9.17) is 5.73 Å². The fraction of sp³-hybridized carbons (Fsp3) is 0.353. The molecule has 0 spiro atoms. The lowest BCUT2D eigenvalue weighted by Gasteiger charge is -2.07. The number of hydrogen-bond acceptors (Lipinski definition) is 2. The normalized spacial score (nSPS) is 10.3. The topological polar surface area (TPSA) is 43.8 Å². The Bertz CT molecular complexity index is 677. The van der Waals surface area contributed by atoms with E-state index in [1.807, 2.05) is 10.7 Å². The Morgan fingerprint density at radius 1 is 1.19 bits per heavy atom. The van der Waals surface area contributed by atoms with Crippen LogP contribution >= 0.6 is 0 Å². The minimum Gasteiger partial charge on any atom is -0.320 e. The van der Waals surface area contributed by atoms with Crippen LogP contribution in [0, 0.1) is 17.7 Å².